The number of nitrogens with zero attached hydrogens (tertiary/aromatic N) is 2. The van der Waals surface area contributed by atoms with E-state index in [1.807, 2.05) is 24.6 Å². The number of amides is 1. The summed E-state index contributed by atoms with van der Waals surface area (Å²) < 4.78 is 1.93. The summed E-state index contributed by atoms with van der Waals surface area (Å²) in [6.07, 6.45) is 3.97. The number of nitrogens with two attached hydrogens (primary N) is 1. The lowest BCUT2D eigenvalue weighted by atomic mass is 10.2. The first-order chi connectivity index (χ1) is 10.0. The number of hydrogen-bond donors (Lipinski definition) is 2. The Bertz CT molecular complexity index is 761. The van der Waals surface area contributed by atoms with Gasteiger partial charge in [0.05, 0.1) is 11.3 Å². The average Bonchev–Trinajstić information content (AvgIpc) is 3.15. The largest absolute Gasteiger partial charge is 0.397 e. The van der Waals surface area contributed by atoms with Crippen LogP contribution in [0.1, 0.15) is 45.4 Å². The molecular formula is C15H16N4OS. The molecule has 1 saturated carbocycles. The molecule has 3 N–H and O–H groups in total. The summed E-state index contributed by atoms with van der Waals surface area (Å²) >= 11 is 1.43. The predicted octanol–water partition coefficient (Wildman–Crippen LogP) is 3.21. The van der Waals surface area contributed by atoms with E-state index in [4.69, 9.17) is 5.73 Å². The highest BCUT2D eigenvalue weighted by Gasteiger charge is 2.28. The van der Waals surface area contributed by atoms with Crippen LogP contribution in [0.4, 0.5) is 10.7 Å². The number of hydrogen-bond acceptors (Lipinski definition) is 4. The second-order valence-electron chi connectivity index (χ2n) is 5.35. The third-order valence-corrected chi connectivity index (χ3v) is 4.89. The number of nitrogens with one attached hydrogen (secondary N) is 1. The Labute approximate surface area is 127 Å². The highest BCUT2D eigenvalue weighted by Crippen LogP contribution is 2.38. The number of thiophene rings is 1. The Morgan fingerprint density at radius 3 is 2.86 bits per heavy atom. The van der Waals surface area contributed by atoms with E-state index in [1.54, 1.807) is 6.07 Å². The lowest BCUT2D eigenvalue weighted by Crippen LogP contribution is -2.16. The Morgan fingerprint density at radius 2 is 2.24 bits per heavy atom. The molecule has 3 rings (SSSR count). The molecule has 1 amide bonds. The van der Waals surface area contributed by atoms with Crippen molar-refractivity contribution in [3.05, 3.63) is 34.0 Å². The van der Waals surface area contributed by atoms with Crippen molar-refractivity contribution in [2.45, 2.75) is 32.7 Å². The Morgan fingerprint density at radius 1 is 1.52 bits per heavy atom. The van der Waals surface area contributed by atoms with Crippen LogP contribution in [-0.4, -0.2) is 10.5 Å². The van der Waals surface area contributed by atoms with Crippen molar-refractivity contribution in [1.82, 2.24) is 4.57 Å². The van der Waals surface area contributed by atoms with Crippen molar-refractivity contribution in [2.24, 2.45) is 0 Å². The molecule has 0 aliphatic heterocycles. The second kappa shape index (κ2) is 4.93. The molecule has 0 radical (unpaired) electrons. The molecule has 1 fully saturated rings. The minimum atomic E-state index is -0.212. The molecule has 0 saturated heterocycles. The van der Waals surface area contributed by atoms with E-state index in [-0.39, 0.29) is 5.91 Å². The van der Waals surface area contributed by atoms with E-state index >= 15 is 0 Å². The van der Waals surface area contributed by atoms with Gasteiger partial charge in [-0.2, -0.15) is 5.26 Å². The van der Waals surface area contributed by atoms with Gasteiger partial charge in [-0.15, -0.1) is 11.3 Å². The van der Waals surface area contributed by atoms with E-state index in [0.29, 0.717) is 28.0 Å². The molecule has 1 aliphatic rings. The minimum absolute atomic E-state index is 0.212. The molecule has 6 heteroatoms. The summed E-state index contributed by atoms with van der Waals surface area (Å²) in [5.41, 5.74) is 8.43. The highest BCUT2D eigenvalue weighted by molar-refractivity contribution is 7.16. The predicted molar refractivity (Wildman–Crippen MR) is 83.6 cm³/mol. The number of carbonyl (C=O) groups excluding carboxylic acids is 1. The quantitative estimate of drug-likeness (QED) is 0.913. The smallest absolute Gasteiger partial charge is 0.273 e. The molecule has 21 heavy (non-hydrogen) atoms. The van der Waals surface area contributed by atoms with E-state index < -0.39 is 0 Å². The first-order valence-electron chi connectivity index (χ1n) is 6.80. The zero-order valence-corrected chi connectivity index (χ0v) is 12.8. The summed E-state index contributed by atoms with van der Waals surface area (Å²) in [5.74, 6) is -0.212. The van der Waals surface area contributed by atoms with Gasteiger partial charge < -0.3 is 15.6 Å². The van der Waals surface area contributed by atoms with E-state index in [0.717, 1.165) is 23.3 Å². The van der Waals surface area contributed by atoms with Crippen LogP contribution in [0.3, 0.4) is 0 Å². The fourth-order valence-electron chi connectivity index (χ4n) is 2.35. The van der Waals surface area contributed by atoms with Crippen LogP contribution in [0.25, 0.3) is 0 Å². The summed E-state index contributed by atoms with van der Waals surface area (Å²) in [7, 11) is 0. The molecule has 0 bridgehead atoms. The first-order valence-corrected chi connectivity index (χ1v) is 7.61. The van der Waals surface area contributed by atoms with Crippen LogP contribution in [-0.2, 0) is 0 Å². The minimum Gasteiger partial charge on any atom is -0.397 e. The maximum Gasteiger partial charge on any atom is 0.273 e. The number of nitriles is 1. The van der Waals surface area contributed by atoms with Gasteiger partial charge in [0.1, 0.15) is 16.8 Å². The SMILES string of the molecule is Cc1sc(NC(=O)c2cc(N)cn2C2CC2)c(C#N)c1C. The van der Waals surface area contributed by atoms with Gasteiger partial charge in [-0.05, 0) is 38.3 Å². The molecule has 5 nitrogen and oxygen atoms in total. The monoisotopic (exact) mass is 300 g/mol. The number of nitrogen functional groups attached to an aromatic ring is 1. The molecule has 108 valence electrons. The molecule has 2 aromatic heterocycles. The Kier molecular flexibility index (Phi) is 3.22. The number of aromatic nitrogens is 1. The summed E-state index contributed by atoms with van der Waals surface area (Å²) in [6, 6.07) is 4.23. The Hall–Kier alpha value is -2.26. The molecule has 0 spiro atoms. The molecule has 2 heterocycles. The zero-order valence-electron chi connectivity index (χ0n) is 11.9. The van der Waals surface area contributed by atoms with Crippen LogP contribution in [0.5, 0.6) is 0 Å². The molecule has 0 atom stereocenters. The van der Waals surface area contributed by atoms with Gasteiger partial charge in [-0.3, -0.25) is 4.79 Å². The maximum absolute atomic E-state index is 12.5. The van der Waals surface area contributed by atoms with Crippen molar-refractivity contribution in [2.75, 3.05) is 11.1 Å². The van der Waals surface area contributed by atoms with Gasteiger partial charge in [-0.1, -0.05) is 0 Å². The number of aryl methyl sites for hydroxylation is 1. The van der Waals surface area contributed by atoms with Gasteiger partial charge in [0.25, 0.3) is 5.91 Å². The van der Waals surface area contributed by atoms with Crippen LogP contribution >= 0.6 is 11.3 Å². The van der Waals surface area contributed by atoms with Gasteiger partial charge in [0.15, 0.2) is 0 Å². The fourth-order valence-corrected chi connectivity index (χ4v) is 3.36. The summed E-state index contributed by atoms with van der Waals surface area (Å²) in [5, 5.41) is 12.7. The zero-order chi connectivity index (χ0) is 15.1. The average molecular weight is 300 g/mol. The second-order valence-corrected chi connectivity index (χ2v) is 6.58. The third kappa shape index (κ3) is 2.41. The lowest BCUT2D eigenvalue weighted by molar-refractivity contribution is 0.101. The van der Waals surface area contributed by atoms with Crippen LogP contribution < -0.4 is 11.1 Å². The van der Waals surface area contributed by atoms with Gasteiger partial charge in [0.2, 0.25) is 0 Å². The van der Waals surface area contributed by atoms with Crippen molar-refractivity contribution >= 4 is 27.9 Å². The molecule has 0 unspecified atom stereocenters. The normalized spacial score (nSPS) is 14.0. The molecular weight excluding hydrogens is 284 g/mol. The summed E-state index contributed by atoms with van der Waals surface area (Å²) in [4.78, 5) is 13.5. The molecule has 0 aromatic carbocycles. The molecule has 1 aliphatic carbocycles. The number of rotatable bonds is 3. The van der Waals surface area contributed by atoms with Crippen molar-refractivity contribution in [3.63, 3.8) is 0 Å². The van der Waals surface area contributed by atoms with Gasteiger partial charge in [-0.25, -0.2) is 0 Å². The van der Waals surface area contributed by atoms with E-state index in [1.165, 1.54) is 11.3 Å². The van der Waals surface area contributed by atoms with Crippen LogP contribution in [0.15, 0.2) is 12.3 Å². The fraction of sp³-hybridized carbons (Fsp3) is 0.333. The summed E-state index contributed by atoms with van der Waals surface area (Å²) in [6.45, 7) is 3.84. The third-order valence-electron chi connectivity index (χ3n) is 3.77. The van der Waals surface area contributed by atoms with Crippen molar-refractivity contribution < 1.29 is 4.79 Å². The topological polar surface area (TPSA) is 83.8 Å². The van der Waals surface area contributed by atoms with E-state index in [9.17, 15) is 10.1 Å². The van der Waals surface area contributed by atoms with Gasteiger partial charge >= 0.3 is 0 Å². The first kappa shape index (κ1) is 13.7. The van der Waals surface area contributed by atoms with Crippen LogP contribution in [0, 0.1) is 25.2 Å². The number of carbonyl (C=O) groups is 1. The van der Waals surface area contributed by atoms with Crippen molar-refractivity contribution in [3.8, 4) is 6.07 Å². The molecule has 2 aromatic rings. The Balaban J connectivity index is 1.91. The highest BCUT2D eigenvalue weighted by atomic mass is 32.1. The van der Waals surface area contributed by atoms with E-state index in [2.05, 4.69) is 11.4 Å². The maximum atomic E-state index is 12.5. The van der Waals surface area contributed by atoms with Crippen molar-refractivity contribution in [1.29, 1.82) is 5.26 Å². The van der Waals surface area contributed by atoms with Gasteiger partial charge in [0, 0.05) is 17.1 Å². The van der Waals surface area contributed by atoms with Crippen LogP contribution in [0.2, 0.25) is 0 Å². The standard InChI is InChI=1S/C15H16N4OS/c1-8-9(2)21-15(12(8)6-16)18-14(20)13-5-10(17)7-19(13)11-3-4-11/h5,7,11H,3-4,17H2,1-2H3,(H,18,20). The lowest BCUT2D eigenvalue weighted by Gasteiger charge is -2.07. The number of anilines is 2.